The molecule has 274 valence electrons. The highest BCUT2D eigenvalue weighted by Gasteiger charge is 2.43. The van der Waals surface area contributed by atoms with E-state index in [0.29, 0.717) is 39.9 Å². The molecule has 2 atom stereocenters. The Labute approximate surface area is 306 Å². The number of aliphatic imine (C=N–C) groups is 1. The Hall–Kier alpha value is -5.63. The van der Waals surface area contributed by atoms with Crippen molar-refractivity contribution in [2.24, 2.45) is 16.1 Å². The van der Waals surface area contributed by atoms with Crippen LogP contribution in [0.2, 0.25) is 5.02 Å². The van der Waals surface area contributed by atoms with E-state index in [4.69, 9.17) is 30.6 Å². The number of aromatic nitrogens is 3. The second-order valence-corrected chi connectivity index (χ2v) is 12.8. The van der Waals surface area contributed by atoms with Gasteiger partial charge in [0.15, 0.2) is 18.5 Å². The zero-order valence-electron chi connectivity index (χ0n) is 30.0. The number of amidine groups is 1. The van der Waals surface area contributed by atoms with Crippen LogP contribution in [0.1, 0.15) is 70.1 Å². The molecule has 0 aliphatic carbocycles. The molecule has 5 rings (SSSR count). The lowest BCUT2D eigenvalue weighted by Crippen LogP contribution is -2.41. The molecule has 2 N–H and O–H groups in total. The Balaban J connectivity index is 0.000000251. The van der Waals surface area contributed by atoms with Crippen molar-refractivity contribution in [1.29, 1.82) is 0 Å². The van der Waals surface area contributed by atoms with E-state index in [0.717, 1.165) is 11.3 Å². The zero-order valence-corrected chi connectivity index (χ0v) is 30.7. The van der Waals surface area contributed by atoms with E-state index in [-0.39, 0.29) is 42.1 Å². The summed E-state index contributed by atoms with van der Waals surface area (Å²) in [6, 6.07) is 13.6. The highest BCUT2D eigenvalue weighted by molar-refractivity contribution is 6.31. The molecule has 1 unspecified atom stereocenters. The van der Waals surface area contributed by atoms with Crippen LogP contribution in [0.5, 0.6) is 17.4 Å². The number of carbonyl (C=O) groups excluding carboxylic acids is 2. The fourth-order valence-corrected chi connectivity index (χ4v) is 4.71. The predicted molar refractivity (Wildman–Crippen MR) is 195 cm³/mol. The molecular formula is C37H41ClN6O8. The van der Waals surface area contributed by atoms with Gasteiger partial charge in [0, 0.05) is 11.2 Å². The SMILES string of the molecule is CC(C)=NOCCOC(=O)[C@@H](C)Oc1ccc(Oc2cnc3cc(Cl)ccc3n2)cc1.CCc1cnc(C2=NC(C)(C(C)C)C(=O)N2)c(C(=O)O)c1. The summed E-state index contributed by atoms with van der Waals surface area (Å²) in [7, 11) is 0. The third-order valence-electron chi connectivity index (χ3n) is 7.81. The number of fused-ring (bicyclic) bond motifs is 1. The van der Waals surface area contributed by atoms with Gasteiger partial charge in [0.1, 0.15) is 29.3 Å². The van der Waals surface area contributed by atoms with Crippen LogP contribution in [-0.2, 0) is 25.6 Å². The fourth-order valence-electron chi connectivity index (χ4n) is 4.55. The number of hydrogen-bond donors (Lipinski definition) is 2. The largest absolute Gasteiger partial charge is 0.479 e. The number of pyridine rings is 1. The molecule has 1 aliphatic heterocycles. The molecule has 0 spiro atoms. The van der Waals surface area contributed by atoms with Gasteiger partial charge in [-0.3, -0.25) is 9.78 Å². The van der Waals surface area contributed by atoms with Gasteiger partial charge in [0.25, 0.3) is 5.91 Å². The number of aromatic carboxylic acids is 1. The van der Waals surface area contributed by atoms with Crippen LogP contribution in [-0.4, -0.2) is 74.3 Å². The number of carboxylic acids is 1. The minimum atomic E-state index is -1.08. The maximum atomic E-state index is 12.1. The average molecular weight is 733 g/mol. The van der Waals surface area contributed by atoms with Gasteiger partial charge in [0.05, 0.1) is 28.5 Å². The minimum Gasteiger partial charge on any atom is -0.479 e. The molecule has 0 fully saturated rings. The van der Waals surface area contributed by atoms with E-state index in [9.17, 15) is 19.5 Å². The summed E-state index contributed by atoms with van der Waals surface area (Å²) in [6.45, 7) is 13.0. The Morgan fingerprint density at radius 1 is 0.981 bits per heavy atom. The number of esters is 1. The maximum Gasteiger partial charge on any atom is 0.347 e. The number of nitrogens with one attached hydrogen (secondary N) is 1. The van der Waals surface area contributed by atoms with Crippen LogP contribution in [0.15, 0.2) is 71.1 Å². The molecule has 2 aromatic heterocycles. The van der Waals surface area contributed by atoms with Gasteiger partial charge in [-0.15, -0.1) is 0 Å². The predicted octanol–water partition coefficient (Wildman–Crippen LogP) is 6.43. The van der Waals surface area contributed by atoms with Crippen molar-refractivity contribution in [2.45, 2.75) is 66.5 Å². The van der Waals surface area contributed by atoms with Crippen molar-refractivity contribution in [3.63, 3.8) is 0 Å². The van der Waals surface area contributed by atoms with Crippen molar-refractivity contribution in [3.05, 3.63) is 82.8 Å². The normalized spacial score (nSPS) is 15.5. The Kier molecular flexibility index (Phi) is 13.2. The van der Waals surface area contributed by atoms with E-state index in [2.05, 4.69) is 30.4 Å². The van der Waals surface area contributed by atoms with E-state index in [1.54, 1.807) is 68.6 Å². The second kappa shape index (κ2) is 17.5. The smallest absolute Gasteiger partial charge is 0.347 e. The maximum absolute atomic E-state index is 12.1. The summed E-state index contributed by atoms with van der Waals surface area (Å²) in [5, 5.41) is 16.4. The van der Waals surface area contributed by atoms with Gasteiger partial charge >= 0.3 is 11.9 Å². The number of hydrogen-bond acceptors (Lipinski definition) is 12. The number of nitrogens with zero attached hydrogens (tertiary/aromatic N) is 5. The summed E-state index contributed by atoms with van der Waals surface area (Å²) in [5.41, 5.74) is 2.34. The third kappa shape index (κ3) is 10.2. The van der Waals surface area contributed by atoms with Crippen molar-refractivity contribution < 1.29 is 38.5 Å². The molecule has 0 bridgehead atoms. The molecular weight excluding hydrogens is 692 g/mol. The highest BCUT2D eigenvalue weighted by atomic mass is 35.5. The molecule has 1 aliphatic rings. The summed E-state index contributed by atoms with van der Waals surface area (Å²) >= 11 is 5.96. The Bertz CT molecular complexity index is 1980. The lowest BCUT2D eigenvalue weighted by atomic mass is 9.89. The molecule has 0 radical (unpaired) electrons. The molecule has 0 saturated heterocycles. The van der Waals surface area contributed by atoms with Gasteiger partial charge in [-0.2, -0.15) is 0 Å². The number of oxime groups is 1. The van der Waals surface area contributed by atoms with Crippen LogP contribution < -0.4 is 14.8 Å². The second-order valence-electron chi connectivity index (χ2n) is 12.3. The quantitative estimate of drug-likeness (QED) is 0.0668. The Morgan fingerprint density at radius 2 is 1.69 bits per heavy atom. The summed E-state index contributed by atoms with van der Waals surface area (Å²) in [5.74, 6) is -0.173. The van der Waals surface area contributed by atoms with Crippen molar-refractivity contribution in [2.75, 3.05) is 13.2 Å². The zero-order chi connectivity index (χ0) is 38.0. The number of benzene rings is 2. The van der Waals surface area contributed by atoms with Gasteiger partial charge in [-0.05, 0) is 94.1 Å². The van der Waals surface area contributed by atoms with Crippen LogP contribution >= 0.6 is 11.6 Å². The number of carbonyl (C=O) groups is 3. The summed E-state index contributed by atoms with van der Waals surface area (Å²) in [4.78, 5) is 57.8. The number of halogens is 1. The minimum absolute atomic E-state index is 0.00167. The standard InChI is InChI=1S/C22H22ClN3O5.C15H19N3O3/c1-14(2)26-29-11-10-28-22(27)15(3)30-17-5-7-18(8-6-17)31-21-13-24-20-12-16(23)4-9-19(20)25-21;1-5-9-6-10(13(19)20)11(16-7-9)12-17-14(21)15(4,18-12)8(2)3/h4-9,12-13,15H,10-11H2,1-3H3;6-8H,5H2,1-4H3,(H,19,20)(H,17,18,21)/t15-;/m1./s1. The third-order valence-corrected chi connectivity index (χ3v) is 8.04. The summed E-state index contributed by atoms with van der Waals surface area (Å²) < 4.78 is 16.4. The molecule has 1 amide bonds. The van der Waals surface area contributed by atoms with Crippen LogP contribution in [0.3, 0.4) is 0 Å². The van der Waals surface area contributed by atoms with Crippen LogP contribution in [0.25, 0.3) is 11.0 Å². The first-order valence-corrected chi connectivity index (χ1v) is 16.9. The van der Waals surface area contributed by atoms with Crippen molar-refractivity contribution in [1.82, 2.24) is 20.3 Å². The van der Waals surface area contributed by atoms with Gasteiger partial charge in [-0.25, -0.2) is 24.5 Å². The molecule has 3 heterocycles. The monoisotopic (exact) mass is 732 g/mol. The number of carboxylic acid groups (broad SMARTS) is 1. The summed E-state index contributed by atoms with van der Waals surface area (Å²) in [6.07, 6.45) is 3.05. The number of rotatable bonds is 13. The lowest BCUT2D eigenvalue weighted by molar-refractivity contribution is -0.152. The Morgan fingerprint density at radius 3 is 2.33 bits per heavy atom. The highest BCUT2D eigenvalue weighted by Crippen LogP contribution is 2.28. The molecule has 0 saturated carbocycles. The molecule has 4 aromatic rings. The molecule has 14 nitrogen and oxygen atoms in total. The fraction of sp³-hybridized carbons (Fsp3) is 0.351. The first kappa shape index (κ1) is 39.2. The van der Waals surface area contributed by atoms with E-state index in [1.807, 2.05) is 34.6 Å². The number of amides is 1. The average Bonchev–Trinajstić information content (AvgIpc) is 3.43. The van der Waals surface area contributed by atoms with E-state index >= 15 is 0 Å². The van der Waals surface area contributed by atoms with Crippen molar-refractivity contribution >= 4 is 52.0 Å². The first-order valence-electron chi connectivity index (χ1n) is 16.5. The van der Waals surface area contributed by atoms with Crippen LogP contribution in [0.4, 0.5) is 0 Å². The van der Waals surface area contributed by atoms with Gasteiger partial charge in [-0.1, -0.05) is 37.5 Å². The number of aryl methyl sites for hydroxylation is 1. The van der Waals surface area contributed by atoms with Crippen LogP contribution in [0, 0.1) is 5.92 Å². The number of ether oxygens (including phenoxy) is 3. The first-order chi connectivity index (χ1) is 24.7. The molecule has 15 heteroatoms. The molecule has 52 heavy (non-hydrogen) atoms. The van der Waals surface area contributed by atoms with Crippen molar-refractivity contribution in [3.8, 4) is 17.4 Å². The van der Waals surface area contributed by atoms with Gasteiger partial charge < -0.3 is 29.5 Å². The molecule has 2 aromatic carbocycles. The van der Waals surface area contributed by atoms with Gasteiger partial charge in [0.2, 0.25) is 5.88 Å². The van der Waals surface area contributed by atoms with E-state index < -0.39 is 23.6 Å². The lowest BCUT2D eigenvalue weighted by Gasteiger charge is -2.21. The van der Waals surface area contributed by atoms with E-state index in [1.165, 1.54) is 6.20 Å². The topological polar surface area (TPSA) is 184 Å².